The Bertz CT molecular complexity index is 266. The highest BCUT2D eigenvalue weighted by molar-refractivity contribution is 9.11. The van der Waals surface area contributed by atoms with Crippen molar-refractivity contribution >= 4 is 27.3 Å². The lowest BCUT2D eigenvalue weighted by Gasteiger charge is -2.25. The molecule has 13 heavy (non-hydrogen) atoms. The Morgan fingerprint density at radius 3 is 2.38 bits per heavy atom. The van der Waals surface area contributed by atoms with Crippen molar-refractivity contribution in [3.05, 3.63) is 20.8 Å². The van der Waals surface area contributed by atoms with Crippen molar-refractivity contribution in [2.75, 3.05) is 0 Å². The van der Waals surface area contributed by atoms with Gasteiger partial charge in [-0.2, -0.15) is 0 Å². The number of halogens is 1. The van der Waals surface area contributed by atoms with Crippen molar-refractivity contribution < 1.29 is 0 Å². The van der Waals surface area contributed by atoms with E-state index in [2.05, 4.69) is 41.9 Å². The van der Waals surface area contributed by atoms with Gasteiger partial charge in [0.15, 0.2) is 0 Å². The molecule has 74 valence electrons. The highest BCUT2D eigenvalue weighted by Crippen LogP contribution is 2.27. The van der Waals surface area contributed by atoms with Crippen LogP contribution in [0.25, 0.3) is 0 Å². The third-order valence-corrected chi connectivity index (χ3v) is 4.19. The van der Waals surface area contributed by atoms with Gasteiger partial charge in [-0.25, -0.2) is 0 Å². The fourth-order valence-electron chi connectivity index (χ4n) is 1.29. The molecular weight excluding hydrogens is 246 g/mol. The second-order valence-corrected chi connectivity index (χ2v) is 6.00. The molecule has 0 aromatic carbocycles. The lowest BCUT2D eigenvalue weighted by molar-refractivity contribution is 0.396. The van der Waals surface area contributed by atoms with Gasteiger partial charge in [-0.3, -0.25) is 0 Å². The van der Waals surface area contributed by atoms with Crippen LogP contribution in [0.3, 0.4) is 0 Å². The fraction of sp³-hybridized carbons (Fsp3) is 0.600. The van der Waals surface area contributed by atoms with E-state index in [0.29, 0.717) is 0 Å². The van der Waals surface area contributed by atoms with Gasteiger partial charge in [0.2, 0.25) is 0 Å². The Labute approximate surface area is 92.5 Å². The zero-order valence-corrected chi connectivity index (χ0v) is 10.5. The molecule has 0 aliphatic heterocycles. The summed E-state index contributed by atoms with van der Waals surface area (Å²) in [7, 11) is 0. The number of nitrogens with two attached hydrogens (primary N) is 1. The van der Waals surface area contributed by atoms with Gasteiger partial charge in [0.05, 0.1) is 3.79 Å². The van der Waals surface area contributed by atoms with Crippen molar-refractivity contribution in [2.24, 2.45) is 5.73 Å². The summed E-state index contributed by atoms with van der Waals surface area (Å²) in [6.07, 6.45) is 3.08. The van der Waals surface area contributed by atoms with Gasteiger partial charge in [0.25, 0.3) is 0 Å². The molecule has 1 nitrogen and oxygen atoms in total. The van der Waals surface area contributed by atoms with Crippen LogP contribution in [0.5, 0.6) is 0 Å². The zero-order chi connectivity index (χ0) is 9.90. The van der Waals surface area contributed by atoms with Crippen LogP contribution in [0, 0.1) is 0 Å². The standard InChI is InChI=1S/C10H16BrNS/c1-3-10(12,4-2)7-8-5-6-9(11)13-8/h5-6H,3-4,7,12H2,1-2H3. The van der Waals surface area contributed by atoms with E-state index in [-0.39, 0.29) is 5.54 Å². The van der Waals surface area contributed by atoms with Crippen LogP contribution in [0.1, 0.15) is 31.6 Å². The Morgan fingerprint density at radius 2 is 2.00 bits per heavy atom. The van der Waals surface area contributed by atoms with Crippen LogP contribution in [-0.2, 0) is 6.42 Å². The quantitative estimate of drug-likeness (QED) is 0.882. The van der Waals surface area contributed by atoms with Crippen LogP contribution in [0.4, 0.5) is 0 Å². The predicted octanol–water partition coefficient (Wildman–Crippen LogP) is 3.57. The van der Waals surface area contributed by atoms with E-state index in [1.807, 2.05) is 0 Å². The molecule has 0 unspecified atom stereocenters. The van der Waals surface area contributed by atoms with Crippen molar-refractivity contribution in [3.8, 4) is 0 Å². The monoisotopic (exact) mass is 261 g/mol. The van der Waals surface area contributed by atoms with Gasteiger partial charge in [0.1, 0.15) is 0 Å². The first kappa shape index (κ1) is 11.2. The molecule has 0 amide bonds. The number of thiophene rings is 1. The van der Waals surface area contributed by atoms with Crippen molar-refractivity contribution in [1.82, 2.24) is 0 Å². The number of rotatable bonds is 4. The molecule has 1 rings (SSSR count). The highest BCUT2D eigenvalue weighted by atomic mass is 79.9. The van der Waals surface area contributed by atoms with E-state index in [1.165, 1.54) is 8.66 Å². The summed E-state index contributed by atoms with van der Waals surface area (Å²) < 4.78 is 1.19. The topological polar surface area (TPSA) is 26.0 Å². The highest BCUT2D eigenvalue weighted by Gasteiger charge is 2.21. The van der Waals surface area contributed by atoms with E-state index in [9.17, 15) is 0 Å². The molecular formula is C10H16BrNS. The van der Waals surface area contributed by atoms with E-state index < -0.39 is 0 Å². The maximum atomic E-state index is 6.23. The number of hydrogen-bond donors (Lipinski definition) is 1. The van der Waals surface area contributed by atoms with Crippen LogP contribution in [0.2, 0.25) is 0 Å². The van der Waals surface area contributed by atoms with E-state index in [1.54, 1.807) is 11.3 Å². The average Bonchev–Trinajstić information content (AvgIpc) is 2.51. The van der Waals surface area contributed by atoms with Crippen LogP contribution >= 0.6 is 27.3 Å². The smallest absolute Gasteiger partial charge is 0.0701 e. The summed E-state index contributed by atoms with van der Waals surface area (Å²) in [6, 6.07) is 4.24. The third-order valence-electron chi connectivity index (χ3n) is 2.56. The summed E-state index contributed by atoms with van der Waals surface area (Å²) >= 11 is 5.24. The average molecular weight is 262 g/mol. The zero-order valence-electron chi connectivity index (χ0n) is 8.14. The summed E-state index contributed by atoms with van der Waals surface area (Å²) in [5.41, 5.74) is 6.22. The van der Waals surface area contributed by atoms with E-state index >= 15 is 0 Å². The van der Waals surface area contributed by atoms with E-state index in [4.69, 9.17) is 5.73 Å². The summed E-state index contributed by atoms with van der Waals surface area (Å²) in [5, 5.41) is 0. The molecule has 0 atom stereocenters. The lowest BCUT2D eigenvalue weighted by atomic mass is 9.90. The van der Waals surface area contributed by atoms with Gasteiger partial charge in [-0.05, 0) is 47.3 Å². The second-order valence-electron chi connectivity index (χ2n) is 3.45. The first-order valence-corrected chi connectivity index (χ1v) is 6.23. The third kappa shape index (κ3) is 3.08. The first-order chi connectivity index (χ1) is 6.09. The normalized spacial score (nSPS) is 12.0. The molecule has 0 spiro atoms. The molecule has 0 saturated carbocycles. The van der Waals surface area contributed by atoms with Crippen LogP contribution < -0.4 is 5.73 Å². The van der Waals surface area contributed by atoms with Gasteiger partial charge < -0.3 is 5.73 Å². The molecule has 0 aliphatic rings. The molecule has 1 aromatic heterocycles. The minimum Gasteiger partial charge on any atom is -0.325 e. The minimum absolute atomic E-state index is 0.00963. The van der Waals surface area contributed by atoms with Gasteiger partial charge >= 0.3 is 0 Å². The van der Waals surface area contributed by atoms with Crippen molar-refractivity contribution in [1.29, 1.82) is 0 Å². The van der Waals surface area contributed by atoms with Crippen molar-refractivity contribution in [3.63, 3.8) is 0 Å². The SMILES string of the molecule is CCC(N)(CC)Cc1ccc(Br)s1. The Hall–Kier alpha value is 0.140. The molecule has 2 N–H and O–H groups in total. The lowest BCUT2D eigenvalue weighted by Crippen LogP contribution is -2.40. The Balaban J connectivity index is 2.67. The van der Waals surface area contributed by atoms with Gasteiger partial charge in [-0.15, -0.1) is 11.3 Å². The van der Waals surface area contributed by atoms with Crippen LogP contribution in [0.15, 0.2) is 15.9 Å². The second kappa shape index (κ2) is 4.58. The molecule has 0 aliphatic carbocycles. The van der Waals surface area contributed by atoms with E-state index in [0.717, 1.165) is 19.3 Å². The molecule has 0 saturated heterocycles. The minimum atomic E-state index is -0.00963. The molecule has 1 aromatic rings. The first-order valence-electron chi connectivity index (χ1n) is 4.63. The molecule has 0 fully saturated rings. The predicted molar refractivity (Wildman–Crippen MR) is 63.2 cm³/mol. The Morgan fingerprint density at radius 1 is 1.38 bits per heavy atom. The maximum Gasteiger partial charge on any atom is 0.0701 e. The molecule has 1 heterocycles. The Kier molecular flexibility index (Phi) is 3.95. The van der Waals surface area contributed by atoms with Gasteiger partial charge in [-0.1, -0.05) is 13.8 Å². The summed E-state index contributed by atoms with van der Waals surface area (Å²) in [6.45, 7) is 4.32. The number of hydrogen-bond acceptors (Lipinski definition) is 2. The largest absolute Gasteiger partial charge is 0.325 e. The van der Waals surface area contributed by atoms with Gasteiger partial charge in [0, 0.05) is 10.4 Å². The molecule has 3 heteroatoms. The fourth-order valence-corrected chi connectivity index (χ4v) is 2.93. The molecule has 0 radical (unpaired) electrons. The summed E-state index contributed by atoms with van der Waals surface area (Å²) in [4.78, 5) is 1.37. The summed E-state index contributed by atoms with van der Waals surface area (Å²) in [5.74, 6) is 0. The van der Waals surface area contributed by atoms with Crippen LogP contribution in [-0.4, -0.2) is 5.54 Å². The maximum absolute atomic E-state index is 6.23. The molecule has 0 bridgehead atoms. The van der Waals surface area contributed by atoms with Crippen molar-refractivity contribution in [2.45, 2.75) is 38.6 Å².